The lowest BCUT2D eigenvalue weighted by Crippen LogP contribution is -2.45. The van der Waals surface area contributed by atoms with Crippen LogP contribution in [-0.2, 0) is 16.0 Å². The Morgan fingerprint density at radius 3 is 2.79 bits per heavy atom. The average molecular weight is 407 g/mol. The highest BCUT2D eigenvalue weighted by Gasteiger charge is 2.37. The second-order valence-electron chi connectivity index (χ2n) is 8.84. The number of pyridine rings is 1. The Morgan fingerprint density at radius 1 is 1.28 bits per heavy atom. The quantitative estimate of drug-likeness (QED) is 0.593. The van der Waals surface area contributed by atoms with Crippen molar-refractivity contribution in [1.29, 1.82) is 0 Å². The Balaban J connectivity index is 1.41. The molecule has 1 aromatic heterocycles. The van der Waals surface area contributed by atoms with E-state index in [0.29, 0.717) is 12.3 Å². The summed E-state index contributed by atoms with van der Waals surface area (Å²) < 4.78 is 19.2. The van der Waals surface area contributed by atoms with Gasteiger partial charge in [-0.1, -0.05) is 0 Å². The molecule has 2 aliphatic rings. The standard InChI is InChI=1S/C20H30FN5O3/c1-20(2,3)24-19(28)29-13-7-6-12(9-13)15-10-17(26-25-15)23-18(27)11-16-14(21)5-4-8-22-16/h4-5,8,12-13,15,17,25-26H,6-7,9-11H2,1-3H3,(H,23,27)(H,24,28)/t12-,13+,15?,17?/m0/s1. The number of aromatic nitrogens is 1. The third-order valence-corrected chi connectivity index (χ3v) is 5.18. The highest BCUT2D eigenvalue weighted by Crippen LogP contribution is 2.33. The van der Waals surface area contributed by atoms with E-state index in [1.54, 1.807) is 0 Å². The van der Waals surface area contributed by atoms with E-state index < -0.39 is 5.82 Å². The summed E-state index contributed by atoms with van der Waals surface area (Å²) in [7, 11) is 0. The van der Waals surface area contributed by atoms with Gasteiger partial charge in [0.25, 0.3) is 0 Å². The Kier molecular flexibility index (Phi) is 6.69. The Hall–Kier alpha value is -2.26. The van der Waals surface area contributed by atoms with Crippen molar-refractivity contribution >= 4 is 12.0 Å². The minimum atomic E-state index is -0.481. The molecule has 4 atom stereocenters. The Morgan fingerprint density at radius 2 is 2.07 bits per heavy atom. The number of ether oxygens (including phenoxy) is 1. The zero-order chi connectivity index (χ0) is 21.0. The highest BCUT2D eigenvalue weighted by atomic mass is 19.1. The van der Waals surface area contributed by atoms with E-state index in [-0.39, 0.29) is 48.0 Å². The predicted octanol–water partition coefficient (Wildman–Crippen LogP) is 1.77. The molecule has 29 heavy (non-hydrogen) atoms. The lowest BCUT2D eigenvalue weighted by Gasteiger charge is -2.22. The van der Waals surface area contributed by atoms with Gasteiger partial charge >= 0.3 is 6.09 Å². The minimum absolute atomic E-state index is 0.0927. The first-order chi connectivity index (χ1) is 13.7. The first-order valence-electron chi connectivity index (χ1n) is 10.1. The normalized spacial score (nSPS) is 26.9. The van der Waals surface area contributed by atoms with Crippen LogP contribution in [0.4, 0.5) is 9.18 Å². The van der Waals surface area contributed by atoms with Crippen LogP contribution in [0, 0.1) is 11.7 Å². The lowest BCUT2D eigenvalue weighted by molar-refractivity contribution is -0.121. The average Bonchev–Trinajstić information content (AvgIpc) is 3.24. The SMILES string of the molecule is CC(C)(C)NC(=O)O[C@@H]1CC[C@H](C2CC(NC(=O)Cc3ncccc3F)NN2)C1. The number of hydrogen-bond acceptors (Lipinski definition) is 6. The molecule has 0 bridgehead atoms. The summed E-state index contributed by atoms with van der Waals surface area (Å²) in [6, 6.07) is 2.96. The van der Waals surface area contributed by atoms with E-state index in [4.69, 9.17) is 4.74 Å². The number of hydrogen-bond donors (Lipinski definition) is 4. The van der Waals surface area contributed by atoms with Crippen LogP contribution in [0.2, 0.25) is 0 Å². The van der Waals surface area contributed by atoms with Crippen molar-refractivity contribution in [1.82, 2.24) is 26.5 Å². The number of carbonyl (C=O) groups is 2. The second-order valence-corrected chi connectivity index (χ2v) is 8.84. The van der Waals surface area contributed by atoms with Crippen LogP contribution in [0.15, 0.2) is 18.3 Å². The zero-order valence-electron chi connectivity index (χ0n) is 17.1. The van der Waals surface area contributed by atoms with Crippen molar-refractivity contribution in [3.05, 3.63) is 29.8 Å². The van der Waals surface area contributed by atoms with Gasteiger partial charge in [0.2, 0.25) is 5.91 Å². The van der Waals surface area contributed by atoms with Crippen LogP contribution in [-0.4, -0.2) is 40.8 Å². The van der Waals surface area contributed by atoms with Gasteiger partial charge in [0.1, 0.15) is 11.9 Å². The van der Waals surface area contributed by atoms with Crippen molar-refractivity contribution in [3.8, 4) is 0 Å². The third-order valence-electron chi connectivity index (χ3n) is 5.18. The van der Waals surface area contributed by atoms with Crippen LogP contribution < -0.4 is 21.5 Å². The van der Waals surface area contributed by atoms with Gasteiger partial charge in [0.05, 0.1) is 18.3 Å². The number of rotatable bonds is 5. The van der Waals surface area contributed by atoms with Crippen molar-refractivity contribution in [3.63, 3.8) is 0 Å². The molecule has 8 nitrogen and oxygen atoms in total. The van der Waals surface area contributed by atoms with Crippen molar-refractivity contribution in [2.24, 2.45) is 5.92 Å². The lowest BCUT2D eigenvalue weighted by atomic mass is 9.96. The molecule has 160 valence electrons. The van der Waals surface area contributed by atoms with Gasteiger partial charge in [-0.25, -0.2) is 14.6 Å². The van der Waals surface area contributed by atoms with Gasteiger partial charge in [0, 0.05) is 17.8 Å². The number of nitrogens with zero attached hydrogens (tertiary/aromatic N) is 1. The zero-order valence-corrected chi connectivity index (χ0v) is 17.1. The smallest absolute Gasteiger partial charge is 0.407 e. The molecule has 4 N–H and O–H groups in total. The molecule has 1 aliphatic carbocycles. The van der Waals surface area contributed by atoms with E-state index in [9.17, 15) is 14.0 Å². The number of alkyl carbamates (subject to hydrolysis) is 1. The molecular formula is C20H30FN5O3. The summed E-state index contributed by atoms with van der Waals surface area (Å²) in [5.41, 5.74) is 6.13. The number of hydrazine groups is 1. The monoisotopic (exact) mass is 407 g/mol. The van der Waals surface area contributed by atoms with Gasteiger partial charge in [-0.15, -0.1) is 0 Å². The van der Waals surface area contributed by atoms with Crippen LogP contribution in [0.3, 0.4) is 0 Å². The highest BCUT2D eigenvalue weighted by molar-refractivity contribution is 5.78. The van der Waals surface area contributed by atoms with Gasteiger partial charge in [-0.05, 0) is 64.5 Å². The van der Waals surface area contributed by atoms with Crippen LogP contribution in [0.1, 0.15) is 52.1 Å². The molecule has 0 spiro atoms. The first kappa shape index (κ1) is 21.4. The molecule has 1 aromatic rings. The fraction of sp³-hybridized carbons (Fsp3) is 0.650. The van der Waals surface area contributed by atoms with E-state index in [2.05, 4.69) is 26.5 Å². The molecule has 2 amide bonds. The number of halogens is 1. The predicted molar refractivity (Wildman–Crippen MR) is 105 cm³/mol. The van der Waals surface area contributed by atoms with Crippen LogP contribution in [0.25, 0.3) is 0 Å². The van der Waals surface area contributed by atoms with Gasteiger partial charge < -0.3 is 15.4 Å². The van der Waals surface area contributed by atoms with Crippen molar-refractivity contribution < 1.29 is 18.7 Å². The maximum absolute atomic E-state index is 13.6. The van der Waals surface area contributed by atoms with E-state index in [1.165, 1.54) is 18.3 Å². The summed E-state index contributed by atoms with van der Waals surface area (Å²) >= 11 is 0. The van der Waals surface area contributed by atoms with Crippen molar-refractivity contribution in [2.75, 3.05) is 0 Å². The van der Waals surface area contributed by atoms with Gasteiger partial charge in [-0.3, -0.25) is 15.2 Å². The molecule has 0 radical (unpaired) electrons. The summed E-state index contributed by atoms with van der Waals surface area (Å²) in [4.78, 5) is 28.0. The number of carbonyl (C=O) groups excluding carboxylic acids is 2. The maximum Gasteiger partial charge on any atom is 0.407 e. The molecule has 1 saturated carbocycles. The second kappa shape index (κ2) is 9.04. The fourth-order valence-electron chi connectivity index (χ4n) is 3.86. The van der Waals surface area contributed by atoms with Crippen LogP contribution in [0.5, 0.6) is 0 Å². The Labute approximate surface area is 170 Å². The molecule has 1 aliphatic heterocycles. The van der Waals surface area contributed by atoms with E-state index >= 15 is 0 Å². The van der Waals surface area contributed by atoms with Crippen molar-refractivity contribution in [2.45, 2.75) is 76.7 Å². The summed E-state index contributed by atoms with van der Waals surface area (Å²) in [6.45, 7) is 5.74. The van der Waals surface area contributed by atoms with Gasteiger partial charge in [-0.2, -0.15) is 0 Å². The summed E-state index contributed by atoms with van der Waals surface area (Å²) in [5.74, 6) is -0.412. The van der Waals surface area contributed by atoms with Crippen LogP contribution >= 0.6 is 0 Å². The van der Waals surface area contributed by atoms with E-state index in [0.717, 1.165) is 19.3 Å². The fourth-order valence-corrected chi connectivity index (χ4v) is 3.86. The summed E-state index contributed by atoms with van der Waals surface area (Å²) in [6.07, 6.45) is 3.94. The number of amides is 2. The molecule has 3 rings (SSSR count). The molecule has 2 fully saturated rings. The molecule has 1 saturated heterocycles. The first-order valence-corrected chi connectivity index (χ1v) is 10.1. The number of nitrogens with one attached hydrogen (secondary N) is 4. The Bertz CT molecular complexity index is 739. The molecule has 9 heteroatoms. The minimum Gasteiger partial charge on any atom is -0.446 e. The topological polar surface area (TPSA) is 104 Å². The maximum atomic E-state index is 13.6. The molecule has 2 unspecified atom stereocenters. The summed E-state index contributed by atoms with van der Waals surface area (Å²) in [5, 5.41) is 5.68. The third kappa shape index (κ3) is 6.37. The molecule has 2 heterocycles. The van der Waals surface area contributed by atoms with E-state index in [1.807, 2.05) is 20.8 Å². The largest absolute Gasteiger partial charge is 0.446 e. The molecule has 0 aromatic carbocycles. The molecular weight excluding hydrogens is 377 g/mol. The van der Waals surface area contributed by atoms with Gasteiger partial charge in [0.15, 0.2) is 0 Å².